The van der Waals surface area contributed by atoms with Gasteiger partial charge in [0.15, 0.2) is 5.75 Å². The van der Waals surface area contributed by atoms with Gasteiger partial charge < -0.3 is 4.74 Å². The normalized spacial score (nSPS) is 14.8. The highest BCUT2D eigenvalue weighted by Crippen LogP contribution is 2.30. The molecule has 0 saturated carbocycles. The molecule has 1 heterocycles. The molecule has 0 bridgehead atoms. The highest BCUT2D eigenvalue weighted by molar-refractivity contribution is 6.39. The molecule has 1 aliphatic heterocycles. The summed E-state index contributed by atoms with van der Waals surface area (Å²) in [6, 6.07) is 16.6. The van der Waals surface area contributed by atoms with Crippen LogP contribution >= 0.6 is 0 Å². The molecule has 3 aromatic carbocycles. The number of rotatable bonds is 6. The molecular formula is C24H16FN3O6. The van der Waals surface area contributed by atoms with Gasteiger partial charge >= 0.3 is 11.7 Å². The second kappa shape index (κ2) is 9.33. The Morgan fingerprint density at radius 1 is 1.00 bits per heavy atom. The molecule has 1 fully saturated rings. The van der Waals surface area contributed by atoms with E-state index in [0.29, 0.717) is 4.90 Å². The lowest BCUT2D eigenvalue weighted by molar-refractivity contribution is -0.386. The summed E-state index contributed by atoms with van der Waals surface area (Å²) in [5, 5.41) is 13.6. The minimum atomic E-state index is -0.991. The monoisotopic (exact) mass is 461 g/mol. The van der Waals surface area contributed by atoms with Gasteiger partial charge in [0, 0.05) is 6.07 Å². The van der Waals surface area contributed by atoms with Crippen LogP contribution in [0.5, 0.6) is 5.75 Å². The number of ether oxygens (including phenoxy) is 1. The average molecular weight is 461 g/mol. The van der Waals surface area contributed by atoms with E-state index >= 15 is 0 Å². The summed E-state index contributed by atoms with van der Waals surface area (Å²) in [5.41, 5.74) is 0.262. The van der Waals surface area contributed by atoms with Crippen LogP contribution in [0.1, 0.15) is 11.1 Å². The largest absolute Gasteiger partial charge is 0.482 e. The SMILES string of the molecule is O=C1NC(=O)N(c2ccc(F)cc2)C(=O)/C1=C/c1ccc(OCc2ccccc2)c([N+](=O)[O-])c1. The van der Waals surface area contributed by atoms with Gasteiger partial charge in [0.25, 0.3) is 11.8 Å². The van der Waals surface area contributed by atoms with Crippen molar-refractivity contribution in [2.75, 3.05) is 4.90 Å². The summed E-state index contributed by atoms with van der Waals surface area (Å²) in [6.45, 7) is 0.109. The van der Waals surface area contributed by atoms with Crippen LogP contribution in [0.4, 0.5) is 20.6 Å². The standard InChI is InChI=1S/C24H16FN3O6/c25-17-7-9-18(10-8-17)27-23(30)19(22(29)26-24(27)31)12-16-6-11-21(20(13-16)28(32)33)34-14-15-4-2-1-3-5-15/h1-13H,14H2,(H,26,29,31)/b19-12+. The van der Waals surface area contributed by atoms with E-state index in [2.05, 4.69) is 0 Å². The van der Waals surface area contributed by atoms with E-state index in [4.69, 9.17) is 4.74 Å². The van der Waals surface area contributed by atoms with Gasteiger partial charge in [-0.3, -0.25) is 25.0 Å². The summed E-state index contributed by atoms with van der Waals surface area (Å²) in [7, 11) is 0. The van der Waals surface area contributed by atoms with Gasteiger partial charge in [-0.05, 0) is 47.5 Å². The van der Waals surface area contributed by atoms with Crippen LogP contribution in [0.25, 0.3) is 6.08 Å². The molecule has 4 amide bonds. The van der Waals surface area contributed by atoms with Gasteiger partial charge in [-0.15, -0.1) is 0 Å². The summed E-state index contributed by atoms with van der Waals surface area (Å²) < 4.78 is 18.8. The van der Waals surface area contributed by atoms with Crippen LogP contribution in [0.3, 0.4) is 0 Å². The Hall–Kier alpha value is -4.86. The van der Waals surface area contributed by atoms with Crippen LogP contribution in [0, 0.1) is 15.9 Å². The van der Waals surface area contributed by atoms with Gasteiger partial charge in [0.1, 0.15) is 18.0 Å². The summed E-state index contributed by atoms with van der Waals surface area (Å²) in [5.74, 6) is -2.46. The topological polar surface area (TPSA) is 119 Å². The number of carbonyl (C=O) groups excluding carboxylic acids is 3. The minimum Gasteiger partial charge on any atom is -0.482 e. The van der Waals surface area contributed by atoms with E-state index < -0.39 is 34.2 Å². The Bertz CT molecular complexity index is 1320. The van der Waals surface area contributed by atoms with Crippen LogP contribution in [0.15, 0.2) is 78.4 Å². The molecule has 0 aromatic heterocycles. The molecule has 0 aliphatic carbocycles. The van der Waals surface area contributed by atoms with Crippen molar-refractivity contribution in [3.05, 3.63) is 105 Å². The maximum atomic E-state index is 13.2. The zero-order valence-corrected chi connectivity index (χ0v) is 17.4. The van der Waals surface area contributed by atoms with Gasteiger partial charge in [-0.25, -0.2) is 14.1 Å². The quantitative estimate of drug-likeness (QED) is 0.257. The Morgan fingerprint density at radius 3 is 2.38 bits per heavy atom. The van der Waals surface area contributed by atoms with Gasteiger partial charge in [-0.1, -0.05) is 36.4 Å². The van der Waals surface area contributed by atoms with Gasteiger partial charge in [-0.2, -0.15) is 0 Å². The third-order valence-corrected chi connectivity index (χ3v) is 4.91. The average Bonchev–Trinajstić information content (AvgIpc) is 2.82. The van der Waals surface area contributed by atoms with Crippen molar-refractivity contribution in [2.24, 2.45) is 0 Å². The number of nitro benzene ring substituents is 1. The zero-order valence-electron chi connectivity index (χ0n) is 17.4. The maximum Gasteiger partial charge on any atom is 0.335 e. The number of nitrogens with zero attached hydrogens (tertiary/aromatic N) is 2. The molecule has 1 saturated heterocycles. The van der Waals surface area contributed by atoms with Crippen LogP contribution in [-0.4, -0.2) is 22.8 Å². The predicted molar refractivity (Wildman–Crippen MR) is 119 cm³/mol. The smallest absolute Gasteiger partial charge is 0.335 e. The molecule has 9 nitrogen and oxygen atoms in total. The minimum absolute atomic E-state index is 0.0125. The first kappa shape index (κ1) is 22.3. The fourth-order valence-electron chi connectivity index (χ4n) is 3.27. The number of anilines is 1. The van der Waals surface area contributed by atoms with E-state index in [1.54, 1.807) is 0 Å². The molecule has 34 heavy (non-hydrogen) atoms. The molecule has 4 rings (SSSR count). The highest BCUT2D eigenvalue weighted by atomic mass is 19.1. The lowest BCUT2D eigenvalue weighted by atomic mass is 10.1. The van der Waals surface area contributed by atoms with Crippen molar-refractivity contribution in [3.63, 3.8) is 0 Å². The first-order valence-electron chi connectivity index (χ1n) is 9.95. The maximum absolute atomic E-state index is 13.2. The van der Waals surface area contributed by atoms with Crippen molar-refractivity contribution in [3.8, 4) is 5.75 Å². The number of imide groups is 2. The Balaban J connectivity index is 1.63. The van der Waals surface area contributed by atoms with Crippen LogP contribution < -0.4 is 15.0 Å². The van der Waals surface area contributed by atoms with Gasteiger partial charge in [0.2, 0.25) is 0 Å². The molecule has 170 valence electrons. The van der Waals surface area contributed by atoms with E-state index in [9.17, 15) is 28.9 Å². The summed E-state index contributed by atoms with van der Waals surface area (Å²) in [6.07, 6.45) is 1.13. The van der Waals surface area contributed by atoms with Crippen molar-refractivity contribution in [1.82, 2.24) is 5.32 Å². The lowest BCUT2D eigenvalue weighted by Gasteiger charge is -2.26. The molecule has 1 aliphatic rings. The second-order valence-electron chi connectivity index (χ2n) is 7.19. The molecule has 3 aromatic rings. The molecule has 10 heteroatoms. The van der Waals surface area contributed by atoms with E-state index in [1.165, 1.54) is 24.3 Å². The number of nitrogens with one attached hydrogen (secondary N) is 1. The number of carbonyl (C=O) groups is 3. The molecule has 0 unspecified atom stereocenters. The predicted octanol–water partition coefficient (Wildman–Crippen LogP) is 3.98. The molecular weight excluding hydrogens is 445 g/mol. The van der Waals surface area contributed by atoms with Gasteiger partial charge in [0.05, 0.1) is 10.6 Å². The Labute approximate surface area is 192 Å². The molecule has 0 spiro atoms. The first-order valence-corrected chi connectivity index (χ1v) is 9.95. The number of barbiturate groups is 1. The molecule has 0 atom stereocenters. The van der Waals surface area contributed by atoms with Crippen molar-refractivity contribution >= 4 is 35.3 Å². The second-order valence-corrected chi connectivity index (χ2v) is 7.19. The van der Waals surface area contributed by atoms with E-state index in [-0.39, 0.29) is 29.3 Å². The fraction of sp³-hybridized carbons (Fsp3) is 0.0417. The van der Waals surface area contributed by atoms with E-state index in [0.717, 1.165) is 29.8 Å². The van der Waals surface area contributed by atoms with Crippen LogP contribution in [0.2, 0.25) is 0 Å². The number of halogens is 1. The summed E-state index contributed by atoms with van der Waals surface area (Å²) >= 11 is 0. The van der Waals surface area contributed by atoms with Crippen molar-refractivity contribution in [2.45, 2.75) is 6.61 Å². The number of hydrogen-bond acceptors (Lipinski definition) is 6. The number of hydrogen-bond donors (Lipinski definition) is 1. The number of amides is 4. The number of benzene rings is 3. The van der Waals surface area contributed by atoms with Crippen molar-refractivity contribution < 1.29 is 28.4 Å². The van der Waals surface area contributed by atoms with E-state index in [1.807, 2.05) is 35.6 Å². The fourth-order valence-corrected chi connectivity index (χ4v) is 3.27. The Morgan fingerprint density at radius 2 is 1.71 bits per heavy atom. The number of nitro groups is 1. The molecule has 1 N–H and O–H groups in total. The summed E-state index contributed by atoms with van der Waals surface area (Å²) in [4.78, 5) is 49.1. The molecule has 0 radical (unpaired) electrons. The van der Waals surface area contributed by atoms with Crippen molar-refractivity contribution in [1.29, 1.82) is 0 Å². The third-order valence-electron chi connectivity index (χ3n) is 4.91. The zero-order chi connectivity index (χ0) is 24.2. The lowest BCUT2D eigenvalue weighted by Crippen LogP contribution is -2.54. The Kier molecular flexibility index (Phi) is 6.13. The number of urea groups is 1. The van der Waals surface area contributed by atoms with Crippen LogP contribution in [-0.2, 0) is 16.2 Å². The third kappa shape index (κ3) is 4.65. The first-order chi connectivity index (χ1) is 16.3. The highest BCUT2D eigenvalue weighted by Gasteiger charge is 2.37.